The SMILES string of the molecule is CCCCCCCCCCCC1=CC(=N)C(P(c2ccccc2)c2ccccc2)C=C1. The molecule has 1 nitrogen and oxygen atoms in total. The topological polar surface area (TPSA) is 23.9 Å². The van der Waals surface area contributed by atoms with E-state index in [1.54, 1.807) is 0 Å². The van der Waals surface area contributed by atoms with Gasteiger partial charge in [-0.05, 0) is 43.0 Å². The van der Waals surface area contributed by atoms with E-state index in [1.807, 2.05) is 0 Å². The highest BCUT2D eigenvalue weighted by molar-refractivity contribution is 7.74. The predicted octanol–water partition coefficient (Wildman–Crippen LogP) is 7.92. The molecule has 2 aromatic carbocycles. The van der Waals surface area contributed by atoms with Gasteiger partial charge in [-0.15, -0.1) is 0 Å². The lowest BCUT2D eigenvalue weighted by atomic mass is 9.99. The van der Waals surface area contributed by atoms with Gasteiger partial charge in [0.2, 0.25) is 0 Å². The molecule has 0 spiro atoms. The third-order valence-electron chi connectivity index (χ3n) is 6.07. The molecule has 0 aromatic heterocycles. The van der Waals surface area contributed by atoms with Crippen molar-refractivity contribution in [3.8, 4) is 0 Å². The highest BCUT2D eigenvalue weighted by atomic mass is 31.1. The van der Waals surface area contributed by atoms with E-state index >= 15 is 0 Å². The summed E-state index contributed by atoms with van der Waals surface area (Å²) in [4.78, 5) is 0. The Bertz CT molecular complexity index is 798. The Hall–Kier alpha value is -1.98. The quantitative estimate of drug-likeness (QED) is 0.246. The van der Waals surface area contributed by atoms with Gasteiger partial charge in [-0.25, -0.2) is 0 Å². The van der Waals surface area contributed by atoms with E-state index in [9.17, 15) is 0 Å². The lowest BCUT2D eigenvalue weighted by molar-refractivity contribution is 0.565. The van der Waals surface area contributed by atoms with Crippen molar-refractivity contribution in [2.75, 3.05) is 0 Å². The molecule has 0 aliphatic heterocycles. The molecule has 0 saturated heterocycles. The number of allylic oxidation sites excluding steroid dienone is 4. The van der Waals surface area contributed by atoms with E-state index in [1.165, 1.54) is 74.0 Å². The monoisotopic (exact) mass is 431 g/mol. The summed E-state index contributed by atoms with van der Waals surface area (Å²) in [5, 5.41) is 11.5. The molecule has 1 atom stereocenters. The smallest absolute Gasteiger partial charge is 0.0471 e. The van der Waals surface area contributed by atoms with Gasteiger partial charge in [0, 0.05) is 11.4 Å². The molecular weight excluding hydrogens is 393 g/mol. The summed E-state index contributed by atoms with van der Waals surface area (Å²) in [6.07, 6.45) is 20.1. The van der Waals surface area contributed by atoms with Crippen molar-refractivity contribution in [3.05, 3.63) is 84.5 Å². The molecule has 1 aliphatic rings. The van der Waals surface area contributed by atoms with Crippen molar-refractivity contribution in [1.82, 2.24) is 0 Å². The molecular formula is C29H38NP. The highest BCUT2D eigenvalue weighted by Gasteiger charge is 2.27. The predicted molar refractivity (Wildman–Crippen MR) is 140 cm³/mol. The molecule has 1 unspecified atom stereocenters. The molecule has 0 fully saturated rings. The van der Waals surface area contributed by atoms with Gasteiger partial charge in [0.25, 0.3) is 0 Å². The third-order valence-corrected chi connectivity index (χ3v) is 8.78. The zero-order chi connectivity index (χ0) is 21.7. The summed E-state index contributed by atoms with van der Waals surface area (Å²) in [7, 11) is -0.611. The van der Waals surface area contributed by atoms with Crippen molar-refractivity contribution < 1.29 is 0 Å². The van der Waals surface area contributed by atoms with Crippen molar-refractivity contribution in [2.45, 2.75) is 76.8 Å². The summed E-state index contributed by atoms with van der Waals surface area (Å²) in [6.45, 7) is 2.28. The second-order valence-electron chi connectivity index (χ2n) is 8.60. The molecule has 3 rings (SSSR count). The van der Waals surface area contributed by atoms with Gasteiger partial charge in [-0.2, -0.15) is 0 Å². The van der Waals surface area contributed by atoms with Crippen LogP contribution >= 0.6 is 7.92 Å². The van der Waals surface area contributed by atoms with E-state index in [-0.39, 0.29) is 5.66 Å². The molecule has 0 heterocycles. The largest absolute Gasteiger partial charge is 0.304 e. The number of benzene rings is 2. The second kappa shape index (κ2) is 13.4. The van der Waals surface area contributed by atoms with Gasteiger partial charge >= 0.3 is 0 Å². The fourth-order valence-corrected chi connectivity index (χ4v) is 6.86. The lowest BCUT2D eigenvalue weighted by Crippen LogP contribution is -2.27. The standard InChI is InChI=1S/C29H38NP/c1-2-3-4-5-6-7-8-9-12-17-25-22-23-29(28(30)24-25)31(26-18-13-10-14-19-26)27-20-15-11-16-21-27/h10-11,13-16,18-24,29-30H,2-9,12,17H2,1H3. The maximum absolute atomic E-state index is 8.82. The van der Waals surface area contributed by atoms with Crippen LogP contribution < -0.4 is 10.6 Å². The van der Waals surface area contributed by atoms with Gasteiger partial charge in [0.1, 0.15) is 0 Å². The average molecular weight is 432 g/mol. The van der Waals surface area contributed by atoms with Gasteiger partial charge in [-0.3, -0.25) is 0 Å². The minimum absolute atomic E-state index is 0.159. The number of rotatable bonds is 13. The van der Waals surface area contributed by atoms with Crippen LogP contribution in [0.2, 0.25) is 0 Å². The molecule has 164 valence electrons. The lowest BCUT2D eigenvalue weighted by Gasteiger charge is -2.28. The minimum Gasteiger partial charge on any atom is -0.304 e. The fraction of sp³-hybridized carbons (Fsp3) is 0.414. The van der Waals surface area contributed by atoms with Crippen LogP contribution in [0.5, 0.6) is 0 Å². The van der Waals surface area contributed by atoms with Crippen LogP contribution in [-0.4, -0.2) is 11.4 Å². The van der Waals surface area contributed by atoms with E-state index in [0.29, 0.717) is 0 Å². The van der Waals surface area contributed by atoms with E-state index < -0.39 is 7.92 Å². The van der Waals surface area contributed by atoms with Gasteiger partial charge in [0.05, 0.1) is 0 Å². The van der Waals surface area contributed by atoms with Crippen molar-refractivity contribution in [2.24, 2.45) is 0 Å². The summed E-state index contributed by atoms with van der Waals surface area (Å²) < 4.78 is 0. The van der Waals surface area contributed by atoms with Crippen LogP contribution in [0.15, 0.2) is 84.5 Å². The van der Waals surface area contributed by atoms with Crippen LogP contribution in [0.25, 0.3) is 0 Å². The number of nitrogens with one attached hydrogen (secondary N) is 1. The van der Waals surface area contributed by atoms with Crippen LogP contribution in [0.3, 0.4) is 0 Å². The first kappa shape index (κ1) is 23.7. The van der Waals surface area contributed by atoms with E-state index in [0.717, 1.165) is 12.1 Å². The van der Waals surface area contributed by atoms with Crippen LogP contribution in [-0.2, 0) is 0 Å². The number of unbranched alkanes of at least 4 members (excludes halogenated alkanes) is 8. The number of hydrogen-bond donors (Lipinski definition) is 1. The summed E-state index contributed by atoms with van der Waals surface area (Å²) in [6, 6.07) is 21.5. The summed E-state index contributed by atoms with van der Waals surface area (Å²) >= 11 is 0. The van der Waals surface area contributed by atoms with Gasteiger partial charge in [0.15, 0.2) is 0 Å². The Morgan fingerprint density at radius 2 is 1.23 bits per heavy atom. The molecule has 2 aromatic rings. The zero-order valence-corrected chi connectivity index (χ0v) is 20.0. The second-order valence-corrected chi connectivity index (χ2v) is 10.9. The first-order valence-electron chi connectivity index (χ1n) is 12.2. The summed E-state index contributed by atoms with van der Waals surface area (Å²) in [5.74, 6) is 0. The molecule has 0 radical (unpaired) electrons. The maximum Gasteiger partial charge on any atom is 0.0471 e. The minimum atomic E-state index is -0.611. The maximum atomic E-state index is 8.82. The molecule has 1 aliphatic carbocycles. The van der Waals surface area contributed by atoms with Crippen molar-refractivity contribution >= 4 is 24.2 Å². The molecule has 0 saturated carbocycles. The van der Waals surface area contributed by atoms with E-state index in [2.05, 4.69) is 85.8 Å². The molecule has 0 bridgehead atoms. The Kier molecular flexibility index (Phi) is 10.3. The van der Waals surface area contributed by atoms with Crippen LogP contribution in [0.1, 0.15) is 71.1 Å². The Labute approximate surface area is 190 Å². The van der Waals surface area contributed by atoms with Gasteiger partial charge in [-0.1, -0.05) is 131 Å². The molecule has 2 heteroatoms. The van der Waals surface area contributed by atoms with Crippen molar-refractivity contribution in [3.63, 3.8) is 0 Å². The van der Waals surface area contributed by atoms with Gasteiger partial charge < -0.3 is 5.41 Å². The third kappa shape index (κ3) is 7.58. The fourth-order valence-electron chi connectivity index (χ4n) is 4.32. The summed E-state index contributed by atoms with van der Waals surface area (Å²) in [5.41, 5.74) is 2.26. The zero-order valence-electron chi connectivity index (χ0n) is 19.1. The Balaban J connectivity index is 1.52. The van der Waals surface area contributed by atoms with Crippen LogP contribution in [0, 0.1) is 5.41 Å². The first-order chi connectivity index (χ1) is 15.3. The molecule has 31 heavy (non-hydrogen) atoms. The molecule has 0 amide bonds. The average Bonchev–Trinajstić information content (AvgIpc) is 2.81. The van der Waals surface area contributed by atoms with Crippen LogP contribution in [0.4, 0.5) is 0 Å². The van der Waals surface area contributed by atoms with E-state index in [4.69, 9.17) is 5.41 Å². The van der Waals surface area contributed by atoms with Crippen molar-refractivity contribution in [1.29, 1.82) is 5.41 Å². The Morgan fingerprint density at radius 3 is 1.74 bits per heavy atom. The number of hydrogen-bond acceptors (Lipinski definition) is 1. The first-order valence-corrected chi connectivity index (χ1v) is 13.6. The Morgan fingerprint density at radius 1 is 0.710 bits per heavy atom. The molecule has 1 N–H and O–H groups in total. The normalized spacial score (nSPS) is 16.0. The highest BCUT2D eigenvalue weighted by Crippen LogP contribution is 2.42.